The zero-order valence-electron chi connectivity index (χ0n) is 20.7. The van der Waals surface area contributed by atoms with E-state index in [4.69, 9.17) is 15.2 Å². The summed E-state index contributed by atoms with van der Waals surface area (Å²) < 4.78 is 29.0. The number of fused-ring (bicyclic) bond motifs is 2. The summed E-state index contributed by atoms with van der Waals surface area (Å²) in [5.74, 6) is 0.609. The Bertz CT molecular complexity index is 1540. The van der Waals surface area contributed by atoms with E-state index >= 15 is 4.39 Å². The van der Waals surface area contributed by atoms with Gasteiger partial charge in [-0.3, -0.25) is 9.67 Å². The van der Waals surface area contributed by atoms with Gasteiger partial charge in [0, 0.05) is 43.4 Å². The van der Waals surface area contributed by atoms with Crippen molar-refractivity contribution < 1.29 is 13.9 Å². The Morgan fingerprint density at radius 2 is 1.97 bits per heavy atom. The predicted octanol–water partition coefficient (Wildman–Crippen LogP) is 4.59. The van der Waals surface area contributed by atoms with Crippen LogP contribution in [0.3, 0.4) is 0 Å². The van der Waals surface area contributed by atoms with Crippen molar-refractivity contribution in [1.29, 1.82) is 0 Å². The fourth-order valence-electron chi connectivity index (χ4n) is 4.13. The van der Waals surface area contributed by atoms with Gasteiger partial charge in [-0.2, -0.15) is 5.10 Å². The minimum Gasteiger partial charge on any atom is -0.490 e. The maximum Gasteiger partial charge on any atom is 0.156 e. The maximum absolute atomic E-state index is 15.3. The van der Waals surface area contributed by atoms with E-state index in [1.54, 1.807) is 41.3 Å². The summed E-state index contributed by atoms with van der Waals surface area (Å²) in [6.07, 6.45) is 7.30. The third kappa shape index (κ3) is 5.35. The van der Waals surface area contributed by atoms with Gasteiger partial charge in [0.15, 0.2) is 5.82 Å². The summed E-state index contributed by atoms with van der Waals surface area (Å²) in [5.41, 5.74) is 8.85. The van der Waals surface area contributed by atoms with E-state index in [1.807, 2.05) is 32.3 Å². The van der Waals surface area contributed by atoms with Crippen molar-refractivity contribution in [2.45, 2.75) is 19.4 Å². The van der Waals surface area contributed by atoms with Crippen LogP contribution in [0.15, 0.2) is 61.3 Å². The smallest absolute Gasteiger partial charge is 0.156 e. The predicted molar refractivity (Wildman–Crippen MR) is 141 cm³/mol. The van der Waals surface area contributed by atoms with Crippen LogP contribution in [0.2, 0.25) is 0 Å². The van der Waals surface area contributed by atoms with Crippen LogP contribution in [0.5, 0.6) is 5.75 Å². The Morgan fingerprint density at radius 1 is 1.08 bits per heavy atom. The zero-order valence-corrected chi connectivity index (χ0v) is 20.7. The normalized spacial score (nSPS) is 12.2. The number of rotatable bonds is 10. The van der Waals surface area contributed by atoms with Crippen LogP contribution in [0.1, 0.15) is 13.3 Å². The molecule has 3 N–H and O–H groups in total. The number of benzene rings is 2. The Labute approximate surface area is 213 Å². The van der Waals surface area contributed by atoms with Crippen molar-refractivity contribution in [3.63, 3.8) is 0 Å². The fourth-order valence-corrected chi connectivity index (χ4v) is 4.13. The molecule has 0 spiro atoms. The highest BCUT2D eigenvalue weighted by Gasteiger charge is 2.18. The first kappa shape index (κ1) is 24.5. The number of pyridine rings is 1. The summed E-state index contributed by atoms with van der Waals surface area (Å²) in [5, 5.41) is 8.51. The molecule has 0 radical (unpaired) electrons. The minimum absolute atomic E-state index is 0.165. The molecule has 0 aliphatic rings. The molecule has 0 saturated carbocycles. The second-order valence-corrected chi connectivity index (χ2v) is 8.73. The molecular formula is C27H28FN7O2. The van der Waals surface area contributed by atoms with E-state index in [1.165, 1.54) is 6.33 Å². The van der Waals surface area contributed by atoms with Gasteiger partial charge in [-0.15, -0.1) is 0 Å². The molecule has 2 aromatic carbocycles. The molecule has 0 saturated heterocycles. The van der Waals surface area contributed by atoms with Gasteiger partial charge in [0.2, 0.25) is 0 Å². The average molecular weight is 502 g/mol. The van der Waals surface area contributed by atoms with Gasteiger partial charge in [-0.25, -0.2) is 14.4 Å². The molecule has 0 amide bonds. The highest BCUT2D eigenvalue weighted by Crippen LogP contribution is 2.37. The molecule has 5 aromatic rings. The molecule has 0 bridgehead atoms. The van der Waals surface area contributed by atoms with E-state index < -0.39 is 5.82 Å². The Hall–Kier alpha value is -4.15. The molecule has 190 valence electrons. The number of nitrogens with zero attached hydrogens (tertiary/aromatic N) is 5. The van der Waals surface area contributed by atoms with Crippen LogP contribution in [-0.2, 0) is 11.8 Å². The summed E-state index contributed by atoms with van der Waals surface area (Å²) >= 11 is 0. The van der Waals surface area contributed by atoms with Crippen LogP contribution in [-0.4, -0.2) is 50.6 Å². The monoisotopic (exact) mass is 501 g/mol. The number of hydrogen-bond acceptors (Lipinski definition) is 8. The third-order valence-corrected chi connectivity index (χ3v) is 5.97. The molecule has 9 nitrogen and oxygen atoms in total. The Kier molecular flexibility index (Phi) is 7.20. The van der Waals surface area contributed by atoms with E-state index in [0.717, 1.165) is 11.1 Å². The van der Waals surface area contributed by atoms with Gasteiger partial charge in [-0.05, 0) is 48.9 Å². The van der Waals surface area contributed by atoms with E-state index in [-0.39, 0.29) is 11.8 Å². The largest absolute Gasteiger partial charge is 0.490 e. The van der Waals surface area contributed by atoms with Crippen molar-refractivity contribution in [3.05, 3.63) is 67.1 Å². The lowest BCUT2D eigenvalue weighted by Crippen LogP contribution is -2.17. The standard InChI is InChI=1S/C27H28FN7O2/c1-17(7-10-36-11-8-29)37-24-13-18(19-14-33-35(2)15-19)12-23-25(24)27(32-16-31-23)34-22-6-5-21-20(26(22)28)4-3-9-30-21/h3-6,9,12-17H,7-8,10-11,29H2,1-2H3,(H,31,32,34)/t17-/m1/s1. The summed E-state index contributed by atoms with van der Waals surface area (Å²) in [4.78, 5) is 13.2. The van der Waals surface area contributed by atoms with E-state index in [2.05, 4.69) is 25.4 Å². The summed E-state index contributed by atoms with van der Waals surface area (Å²) in [6, 6.07) is 10.7. The summed E-state index contributed by atoms with van der Waals surface area (Å²) in [7, 11) is 1.86. The lowest BCUT2D eigenvalue weighted by atomic mass is 10.1. The third-order valence-electron chi connectivity index (χ3n) is 5.97. The highest BCUT2D eigenvalue weighted by molar-refractivity contribution is 5.99. The quantitative estimate of drug-likeness (QED) is 0.267. The molecule has 0 fully saturated rings. The first-order valence-corrected chi connectivity index (χ1v) is 12.1. The van der Waals surface area contributed by atoms with Crippen LogP contribution in [0.25, 0.3) is 32.9 Å². The Balaban J connectivity index is 1.56. The molecule has 3 aromatic heterocycles. The van der Waals surface area contributed by atoms with Gasteiger partial charge in [0.25, 0.3) is 0 Å². The number of aromatic nitrogens is 5. The second kappa shape index (κ2) is 10.9. The van der Waals surface area contributed by atoms with Crippen molar-refractivity contribution in [1.82, 2.24) is 24.7 Å². The minimum atomic E-state index is -0.405. The van der Waals surface area contributed by atoms with Crippen molar-refractivity contribution in [2.75, 3.05) is 25.1 Å². The molecule has 0 aliphatic heterocycles. The van der Waals surface area contributed by atoms with Gasteiger partial charge in [0.05, 0.1) is 47.6 Å². The number of halogens is 1. The maximum atomic E-state index is 15.3. The SMILES string of the molecule is C[C@H](CCOCCN)Oc1cc(-c2cnn(C)c2)cc2ncnc(Nc3ccc4ncccc4c3F)c12. The number of nitrogens with one attached hydrogen (secondary N) is 1. The van der Waals surface area contributed by atoms with Crippen LogP contribution in [0.4, 0.5) is 15.9 Å². The van der Waals surface area contributed by atoms with Crippen molar-refractivity contribution in [2.24, 2.45) is 12.8 Å². The molecule has 10 heteroatoms. The Morgan fingerprint density at radius 3 is 2.78 bits per heavy atom. The highest BCUT2D eigenvalue weighted by atomic mass is 19.1. The number of nitrogens with two attached hydrogens (primary N) is 1. The van der Waals surface area contributed by atoms with Crippen LogP contribution >= 0.6 is 0 Å². The zero-order chi connectivity index (χ0) is 25.8. The first-order valence-electron chi connectivity index (χ1n) is 12.1. The van der Waals surface area contributed by atoms with Gasteiger partial charge in [-0.1, -0.05) is 0 Å². The fraction of sp³-hybridized carbons (Fsp3) is 0.259. The molecule has 5 rings (SSSR count). The molecular weight excluding hydrogens is 473 g/mol. The van der Waals surface area contributed by atoms with Gasteiger partial charge >= 0.3 is 0 Å². The topological polar surface area (TPSA) is 113 Å². The number of hydrogen-bond donors (Lipinski definition) is 2. The second-order valence-electron chi connectivity index (χ2n) is 8.73. The van der Waals surface area contributed by atoms with Gasteiger partial charge < -0.3 is 20.5 Å². The van der Waals surface area contributed by atoms with Crippen LogP contribution in [0, 0.1) is 5.82 Å². The number of ether oxygens (including phenoxy) is 2. The van der Waals surface area contributed by atoms with Crippen molar-refractivity contribution in [3.8, 4) is 16.9 Å². The molecule has 3 heterocycles. The van der Waals surface area contributed by atoms with E-state index in [0.29, 0.717) is 59.6 Å². The lowest BCUT2D eigenvalue weighted by molar-refractivity contribution is 0.103. The molecule has 1 atom stereocenters. The lowest BCUT2D eigenvalue weighted by Gasteiger charge is -2.19. The average Bonchev–Trinajstić information content (AvgIpc) is 3.34. The number of anilines is 2. The number of aryl methyl sites for hydroxylation is 1. The van der Waals surface area contributed by atoms with E-state index in [9.17, 15) is 0 Å². The molecule has 37 heavy (non-hydrogen) atoms. The van der Waals surface area contributed by atoms with Gasteiger partial charge in [0.1, 0.15) is 17.9 Å². The van der Waals surface area contributed by atoms with Crippen molar-refractivity contribution >= 4 is 33.3 Å². The molecule has 0 aliphatic carbocycles. The first-order chi connectivity index (χ1) is 18.0. The van der Waals surface area contributed by atoms with Crippen LogP contribution < -0.4 is 15.8 Å². The molecule has 0 unspecified atom stereocenters. The summed E-state index contributed by atoms with van der Waals surface area (Å²) in [6.45, 7) is 3.47.